The maximum absolute atomic E-state index is 13.4. The van der Waals surface area contributed by atoms with Crippen LogP contribution in [0, 0.1) is 13.8 Å². The average Bonchev–Trinajstić information content (AvgIpc) is 3.50. The van der Waals surface area contributed by atoms with Crippen molar-refractivity contribution in [1.29, 1.82) is 0 Å². The molecule has 0 spiro atoms. The van der Waals surface area contributed by atoms with E-state index in [0.717, 1.165) is 15.8 Å². The lowest BCUT2D eigenvalue weighted by molar-refractivity contribution is -0.132. The summed E-state index contributed by atoms with van der Waals surface area (Å²) in [6.07, 6.45) is 4.97. The Labute approximate surface area is 203 Å². The lowest BCUT2D eigenvalue weighted by Gasteiger charge is -2.22. The van der Waals surface area contributed by atoms with E-state index < -0.39 is 17.7 Å². The van der Waals surface area contributed by atoms with Crippen LogP contribution in [0.3, 0.4) is 0 Å². The van der Waals surface area contributed by atoms with Crippen molar-refractivity contribution in [2.24, 2.45) is 0 Å². The van der Waals surface area contributed by atoms with Crippen LogP contribution in [0.15, 0.2) is 72.7 Å². The van der Waals surface area contributed by atoms with Crippen molar-refractivity contribution in [3.63, 3.8) is 0 Å². The topological polar surface area (TPSA) is 101 Å². The van der Waals surface area contributed by atoms with E-state index >= 15 is 0 Å². The first-order valence-electron chi connectivity index (χ1n) is 11.0. The molecule has 1 aliphatic heterocycles. The fourth-order valence-electron chi connectivity index (χ4n) is 4.53. The fourth-order valence-corrected chi connectivity index (χ4v) is 5.62. The van der Waals surface area contributed by atoms with Crippen molar-refractivity contribution in [3.05, 3.63) is 95.2 Å². The number of imidazole rings is 1. The monoisotopic (exact) mass is 481 g/mol. The molecule has 6 rings (SSSR count). The summed E-state index contributed by atoms with van der Waals surface area (Å²) < 4.78 is 2.61. The van der Waals surface area contributed by atoms with Crippen molar-refractivity contribution in [1.82, 2.24) is 19.4 Å². The molecular weight excluding hydrogens is 462 g/mol. The number of benzene rings is 1. The Balaban J connectivity index is 1.61. The number of carbonyl (C=O) groups is 2. The summed E-state index contributed by atoms with van der Waals surface area (Å²) in [5.41, 5.74) is 3.91. The van der Waals surface area contributed by atoms with Crippen LogP contribution in [-0.2, 0) is 9.59 Å². The van der Waals surface area contributed by atoms with Gasteiger partial charge in [-0.15, -0.1) is 0 Å². The van der Waals surface area contributed by atoms with E-state index in [1.54, 1.807) is 42.0 Å². The van der Waals surface area contributed by atoms with Gasteiger partial charge in [0.25, 0.3) is 5.78 Å². The van der Waals surface area contributed by atoms with Gasteiger partial charge < -0.3 is 5.11 Å². The number of hydrogen-bond donors (Lipinski definition) is 1. The molecule has 172 valence electrons. The number of pyridine rings is 2. The number of amides is 1. The van der Waals surface area contributed by atoms with Crippen molar-refractivity contribution < 1.29 is 14.7 Å². The van der Waals surface area contributed by atoms with Crippen molar-refractivity contribution in [3.8, 4) is 0 Å². The lowest BCUT2D eigenvalue weighted by Crippen LogP contribution is -2.29. The molecule has 9 heteroatoms. The summed E-state index contributed by atoms with van der Waals surface area (Å²) in [5.74, 6) is -1.81. The first-order valence-corrected chi connectivity index (χ1v) is 11.8. The SMILES string of the molecule is Cc1ccc2nc(N3C(=O)C(=O)C(=C(O)c4c(C)nc5ccccn45)C3c3cccnc3)sc2c1. The van der Waals surface area contributed by atoms with E-state index in [4.69, 9.17) is 0 Å². The maximum atomic E-state index is 13.4. The average molecular weight is 482 g/mol. The Morgan fingerprint density at radius 3 is 2.71 bits per heavy atom. The molecule has 1 fully saturated rings. The van der Waals surface area contributed by atoms with E-state index in [0.29, 0.717) is 27.7 Å². The van der Waals surface area contributed by atoms with E-state index in [2.05, 4.69) is 15.0 Å². The highest BCUT2D eigenvalue weighted by Crippen LogP contribution is 2.44. The summed E-state index contributed by atoms with van der Waals surface area (Å²) in [5, 5.41) is 11.9. The number of ketones is 1. The molecule has 0 aliphatic carbocycles. The Morgan fingerprint density at radius 1 is 1.06 bits per heavy atom. The normalized spacial score (nSPS) is 17.7. The van der Waals surface area contributed by atoms with Gasteiger partial charge in [0.15, 0.2) is 10.9 Å². The Bertz CT molecular complexity index is 1690. The van der Waals surface area contributed by atoms with Crippen molar-refractivity contribution in [2.45, 2.75) is 19.9 Å². The molecule has 1 unspecified atom stereocenters. The summed E-state index contributed by atoms with van der Waals surface area (Å²) >= 11 is 1.33. The first-order chi connectivity index (χ1) is 16.9. The highest BCUT2D eigenvalue weighted by Gasteiger charge is 2.48. The van der Waals surface area contributed by atoms with Crippen LogP contribution in [0.5, 0.6) is 0 Å². The highest BCUT2D eigenvalue weighted by atomic mass is 32.1. The quantitative estimate of drug-likeness (QED) is 0.230. The number of Topliss-reactive ketones (excluding diaryl/α,β-unsaturated/α-hetero) is 1. The smallest absolute Gasteiger partial charge is 0.301 e. The number of aliphatic hydroxyl groups excluding tert-OH is 1. The van der Waals surface area contributed by atoms with Gasteiger partial charge in [-0.1, -0.05) is 29.5 Å². The molecule has 8 nitrogen and oxygen atoms in total. The van der Waals surface area contributed by atoms with Crippen LogP contribution in [0.4, 0.5) is 5.13 Å². The standard InChI is InChI=1S/C26H19N5O3S/c1-14-8-9-17-18(12-14)35-26(29-17)31-22(16-6-5-10-27-13-16)20(24(33)25(31)34)23(32)21-15(2)28-19-7-3-4-11-30(19)21/h3-13,22,32H,1-2H3. The number of hydrogen-bond acceptors (Lipinski definition) is 7. The van der Waals surface area contributed by atoms with Gasteiger partial charge in [-0.05, 0) is 55.3 Å². The molecule has 0 bridgehead atoms. The molecule has 5 heterocycles. The zero-order valence-corrected chi connectivity index (χ0v) is 19.7. The number of aliphatic hydroxyl groups is 1. The van der Waals surface area contributed by atoms with E-state index in [1.165, 1.54) is 16.2 Å². The van der Waals surface area contributed by atoms with Gasteiger partial charge in [-0.25, -0.2) is 9.97 Å². The van der Waals surface area contributed by atoms with E-state index in [9.17, 15) is 14.7 Å². The second kappa shape index (κ2) is 7.85. The minimum Gasteiger partial charge on any atom is -0.505 e. The molecule has 5 aromatic rings. The third kappa shape index (κ3) is 3.23. The van der Waals surface area contributed by atoms with Gasteiger partial charge in [0, 0.05) is 18.6 Å². The number of aromatic nitrogens is 4. The van der Waals surface area contributed by atoms with Crippen LogP contribution in [0.1, 0.15) is 28.6 Å². The van der Waals surface area contributed by atoms with Crippen LogP contribution in [-0.4, -0.2) is 36.1 Å². The Morgan fingerprint density at radius 2 is 1.91 bits per heavy atom. The van der Waals surface area contributed by atoms with Crippen LogP contribution in [0.25, 0.3) is 21.6 Å². The number of anilines is 1. The zero-order chi connectivity index (χ0) is 24.3. The largest absolute Gasteiger partial charge is 0.505 e. The number of carbonyl (C=O) groups excluding carboxylic acids is 2. The molecule has 1 atom stereocenters. The highest BCUT2D eigenvalue weighted by molar-refractivity contribution is 7.22. The van der Waals surface area contributed by atoms with Gasteiger partial charge in [-0.2, -0.15) is 0 Å². The Hall–Kier alpha value is -4.37. The van der Waals surface area contributed by atoms with E-state index in [-0.39, 0.29) is 11.3 Å². The van der Waals surface area contributed by atoms with Crippen LogP contribution < -0.4 is 4.90 Å². The zero-order valence-electron chi connectivity index (χ0n) is 18.8. The molecular formula is C26H19N5O3S. The van der Waals surface area contributed by atoms with Crippen molar-refractivity contribution >= 4 is 49.8 Å². The van der Waals surface area contributed by atoms with Crippen LogP contribution in [0.2, 0.25) is 0 Å². The molecule has 1 aliphatic rings. The molecule has 1 aromatic carbocycles. The van der Waals surface area contributed by atoms with Gasteiger partial charge in [0.05, 0.1) is 27.5 Å². The maximum Gasteiger partial charge on any atom is 0.301 e. The molecule has 0 radical (unpaired) electrons. The third-order valence-corrected chi connectivity index (χ3v) is 7.13. The third-order valence-electron chi connectivity index (χ3n) is 6.11. The fraction of sp³-hybridized carbons (Fsp3) is 0.115. The number of nitrogens with zero attached hydrogens (tertiary/aromatic N) is 5. The molecule has 4 aromatic heterocycles. The predicted octanol–water partition coefficient (Wildman–Crippen LogP) is 4.58. The predicted molar refractivity (Wildman–Crippen MR) is 133 cm³/mol. The van der Waals surface area contributed by atoms with Gasteiger partial charge >= 0.3 is 5.91 Å². The minimum atomic E-state index is -0.890. The van der Waals surface area contributed by atoms with Gasteiger partial charge in [-0.3, -0.25) is 23.9 Å². The van der Waals surface area contributed by atoms with E-state index in [1.807, 2.05) is 43.3 Å². The number of aryl methyl sites for hydroxylation is 2. The molecule has 0 saturated carbocycles. The molecule has 1 N–H and O–H groups in total. The second-order valence-electron chi connectivity index (χ2n) is 8.40. The summed E-state index contributed by atoms with van der Waals surface area (Å²) in [7, 11) is 0. The molecule has 1 amide bonds. The minimum absolute atomic E-state index is 0.0211. The molecule has 1 saturated heterocycles. The van der Waals surface area contributed by atoms with Gasteiger partial charge in [0.2, 0.25) is 0 Å². The first kappa shape index (κ1) is 21.2. The Kier molecular flexibility index (Phi) is 4.75. The summed E-state index contributed by atoms with van der Waals surface area (Å²) in [4.78, 5) is 41.6. The number of rotatable bonds is 3. The second-order valence-corrected chi connectivity index (χ2v) is 9.41. The number of thiazole rings is 1. The van der Waals surface area contributed by atoms with Gasteiger partial charge in [0.1, 0.15) is 11.3 Å². The summed E-state index contributed by atoms with van der Waals surface area (Å²) in [6.45, 7) is 3.74. The summed E-state index contributed by atoms with van der Waals surface area (Å²) in [6, 6.07) is 13.9. The lowest BCUT2D eigenvalue weighted by atomic mass is 9.97. The van der Waals surface area contributed by atoms with Crippen molar-refractivity contribution in [2.75, 3.05) is 4.90 Å². The molecule has 35 heavy (non-hydrogen) atoms. The number of fused-ring (bicyclic) bond motifs is 2. The van der Waals surface area contributed by atoms with Crippen LogP contribution >= 0.6 is 11.3 Å².